The van der Waals surface area contributed by atoms with Crippen molar-refractivity contribution in [1.29, 1.82) is 0 Å². The zero-order chi connectivity index (χ0) is 7.82. The number of unbranched alkanes of at least 4 members (excludes halogenated alkanes) is 3. The molecule has 0 saturated heterocycles. The summed E-state index contributed by atoms with van der Waals surface area (Å²) in [6.45, 7) is 0. The minimum atomic E-state index is -0.231. The molecule has 0 amide bonds. The lowest BCUT2D eigenvalue weighted by atomic mass is 10.2. The van der Waals surface area contributed by atoms with Crippen LogP contribution in [-0.2, 0) is 4.79 Å². The van der Waals surface area contributed by atoms with Crippen molar-refractivity contribution in [3.05, 3.63) is 0 Å². The van der Waals surface area contributed by atoms with Crippen LogP contribution in [-0.4, -0.2) is 11.1 Å². The molecule has 0 aromatic carbocycles. The minimum Gasteiger partial charge on any atom is -0.281 e. The van der Waals surface area contributed by atoms with Gasteiger partial charge in [-0.05, 0) is 24.4 Å². The first kappa shape index (κ1) is 10.2. The summed E-state index contributed by atoms with van der Waals surface area (Å²) in [7, 11) is 0. The lowest BCUT2D eigenvalue weighted by molar-refractivity contribution is -0.111. The molecule has 0 aliphatic heterocycles. The quantitative estimate of drug-likeness (QED) is 0.351. The highest BCUT2D eigenvalue weighted by atomic mass is 35.5. The minimum absolute atomic E-state index is 0.231. The molecule has 10 heavy (non-hydrogen) atoms. The summed E-state index contributed by atoms with van der Waals surface area (Å²) in [4.78, 5) is 10.2. The number of carbonyl (C=O) groups excluding carboxylic acids is 1. The van der Waals surface area contributed by atoms with E-state index in [-0.39, 0.29) is 5.24 Å². The predicted molar refractivity (Wildman–Crippen MR) is 44.7 cm³/mol. The third kappa shape index (κ3) is 8.25. The Morgan fingerprint density at radius 3 is 2.20 bits per heavy atom. The second-order valence-corrected chi connectivity index (χ2v) is 3.01. The third-order valence-electron chi connectivity index (χ3n) is 1.26. The molecular weight excluding hydrogens is 171 g/mol. The molecule has 0 unspecified atom stereocenters. The molecule has 0 aliphatic carbocycles. The first-order valence-electron chi connectivity index (χ1n) is 3.51. The number of rotatable bonds is 6. The summed E-state index contributed by atoms with van der Waals surface area (Å²) in [5, 5.41) is -0.231. The van der Waals surface area contributed by atoms with E-state index in [1.807, 2.05) is 0 Å². The maximum atomic E-state index is 10.2. The molecule has 60 valence electrons. The van der Waals surface area contributed by atoms with Gasteiger partial charge >= 0.3 is 0 Å². The Labute approximate surface area is 71.7 Å². The van der Waals surface area contributed by atoms with Crippen LogP contribution in [0.4, 0.5) is 0 Å². The second-order valence-electron chi connectivity index (χ2n) is 2.21. The zero-order valence-electron chi connectivity index (χ0n) is 5.91. The van der Waals surface area contributed by atoms with Crippen LogP contribution in [0.3, 0.4) is 0 Å². The van der Waals surface area contributed by atoms with E-state index in [9.17, 15) is 4.79 Å². The molecule has 0 radical (unpaired) electrons. The molecule has 0 spiro atoms. The van der Waals surface area contributed by atoms with Gasteiger partial charge in [-0.2, -0.15) is 0 Å². The molecule has 0 fully saturated rings. The fourth-order valence-electron chi connectivity index (χ4n) is 0.712. The number of alkyl halides is 1. The molecule has 0 rings (SSSR count). The van der Waals surface area contributed by atoms with Crippen molar-refractivity contribution in [2.24, 2.45) is 0 Å². The first-order chi connectivity index (χ1) is 4.77. The summed E-state index contributed by atoms with van der Waals surface area (Å²) in [5.74, 6) is 0.717. The van der Waals surface area contributed by atoms with E-state index in [4.69, 9.17) is 23.2 Å². The van der Waals surface area contributed by atoms with Crippen LogP contribution in [0, 0.1) is 0 Å². The largest absolute Gasteiger partial charge is 0.281 e. The van der Waals surface area contributed by atoms with Crippen molar-refractivity contribution in [3.63, 3.8) is 0 Å². The standard InChI is InChI=1S/C7H12Cl2O/c8-6-4-2-1-3-5-7(9)10/h1-6H2. The van der Waals surface area contributed by atoms with E-state index in [0.717, 1.165) is 31.6 Å². The molecule has 0 atom stereocenters. The van der Waals surface area contributed by atoms with Gasteiger partial charge in [0.2, 0.25) is 5.24 Å². The molecule has 0 aliphatic rings. The highest BCUT2D eigenvalue weighted by Crippen LogP contribution is 2.05. The lowest BCUT2D eigenvalue weighted by Gasteiger charge is -1.94. The van der Waals surface area contributed by atoms with Gasteiger partial charge in [0, 0.05) is 12.3 Å². The van der Waals surface area contributed by atoms with E-state index < -0.39 is 0 Å². The van der Waals surface area contributed by atoms with Crippen LogP contribution < -0.4 is 0 Å². The molecule has 0 saturated carbocycles. The Morgan fingerprint density at radius 2 is 1.70 bits per heavy atom. The second kappa shape index (κ2) is 7.36. The molecule has 3 heteroatoms. The first-order valence-corrected chi connectivity index (χ1v) is 4.43. The average Bonchev–Trinajstić information content (AvgIpc) is 1.87. The monoisotopic (exact) mass is 182 g/mol. The van der Waals surface area contributed by atoms with Crippen LogP contribution in [0.1, 0.15) is 32.1 Å². The van der Waals surface area contributed by atoms with E-state index >= 15 is 0 Å². The van der Waals surface area contributed by atoms with E-state index in [1.165, 1.54) is 0 Å². The Hall–Kier alpha value is 0.250. The van der Waals surface area contributed by atoms with Gasteiger partial charge in [-0.1, -0.05) is 12.8 Å². The van der Waals surface area contributed by atoms with Gasteiger partial charge in [-0.15, -0.1) is 11.6 Å². The molecule has 0 heterocycles. The Kier molecular flexibility index (Phi) is 7.54. The third-order valence-corrected chi connectivity index (χ3v) is 1.71. The molecule has 0 bridgehead atoms. The molecule has 0 aromatic heterocycles. The summed E-state index contributed by atoms with van der Waals surface area (Å²) in [6, 6.07) is 0. The van der Waals surface area contributed by atoms with Crippen molar-refractivity contribution < 1.29 is 4.79 Å². The van der Waals surface area contributed by atoms with Gasteiger partial charge in [0.25, 0.3) is 0 Å². The summed E-state index contributed by atoms with van der Waals surface area (Å²) in [5.41, 5.74) is 0. The Morgan fingerprint density at radius 1 is 1.10 bits per heavy atom. The van der Waals surface area contributed by atoms with Gasteiger partial charge < -0.3 is 0 Å². The highest BCUT2D eigenvalue weighted by Gasteiger charge is 1.94. The SMILES string of the molecule is O=C(Cl)CCCCCCCl. The average molecular weight is 183 g/mol. The molecule has 0 aromatic rings. The van der Waals surface area contributed by atoms with Crippen LogP contribution in [0.5, 0.6) is 0 Å². The Balaban J connectivity index is 2.84. The van der Waals surface area contributed by atoms with Crippen molar-refractivity contribution >= 4 is 28.4 Å². The molecule has 0 N–H and O–H groups in total. The maximum absolute atomic E-state index is 10.2. The number of halogens is 2. The van der Waals surface area contributed by atoms with Gasteiger partial charge in [0.05, 0.1) is 0 Å². The van der Waals surface area contributed by atoms with Gasteiger partial charge in [-0.3, -0.25) is 4.79 Å². The van der Waals surface area contributed by atoms with Gasteiger partial charge in [-0.25, -0.2) is 0 Å². The van der Waals surface area contributed by atoms with Crippen LogP contribution in [0.25, 0.3) is 0 Å². The van der Waals surface area contributed by atoms with Crippen molar-refractivity contribution in [1.82, 2.24) is 0 Å². The predicted octanol–water partition coefficient (Wildman–Crippen LogP) is 2.94. The fraction of sp³-hybridized carbons (Fsp3) is 0.857. The topological polar surface area (TPSA) is 17.1 Å². The maximum Gasteiger partial charge on any atom is 0.221 e. The van der Waals surface area contributed by atoms with Crippen LogP contribution >= 0.6 is 23.2 Å². The van der Waals surface area contributed by atoms with Crippen LogP contribution in [0.15, 0.2) is 0 Å². The Bertz CT molecular complexity index is 93.6. The summed E-state index contributed by atoms with van der Waals surface area (Å²) in [6.07, 6.45) is 4.61. The van der Waals surface area contributed by atoms with E-state index in [2.05, 4.69) is 0 Å². The summed E-state index contributed by atoms with van der Waals surface area (Å²) < 4.78 is 0. The summed E-state index contributed by atoms with van der Waals surface area (Å²) >= 11 is 10.6. The normalized spacial score (nSPS) is 9.80. The number of hydrogen-bond donors (Lipinski definition) is 0. The smallest absolute Gasteiger partial charge is 0.221 e. The number of carbonyl (C=O) groups is 1. The zero-order valence-corrected chi connectivity index (χ0v) is 7.42. The van der Waals surface area contributed by atoms with Crippen LogP contribution in [0.2, 0.25) is 0 Å². The molecular formula is C7H12Cl2O. The molecule has 1 nitrogen and oxygen atoms in total. The fourth-order valence-corrected chi connectivity index (χ4v) is 1.03. The van der Waals surface area contributed by atoms with E-state index in [0.29, 0.717) is 6.42 Å². The van der Waals surface area contributed by atoms with Crippen molar-refractivity contribution in [2.45, 2.75) is 32.1 Å². The van der Waals surface area contributed by atoms with E-state index in [1.54, 1.807) is 0 Å². The number of hydrogen-bond acceptors (Lipinski definition) is 1. The van der Waals surface area contributed by atoms with Gasteiger partial charge in [0.1, 0.15) is 0 Å². The highest BCUT2D eigenvalue weighted by molar-refractivity contribution is 6.63. The van der Waals surface area contributed by atoms with Gasteiger partial charge in [0.15, 0.2) is 0 Å². The van der Waals surface area contributed by atoms with Crippen molar-refractivity contribution in [3.8, 4) is 0 Å². The lowest BCUT2D eigenvalue weighted by Crippen LogP contribution is -1.86. The van der Waals surface area contributed by atoms with Crippen molar-refractivity contribution in [2.75, 3.05) is 5.88 Å².